The molecule has 1 aromatic rings. The molecule has 1 heterocycles. The summed E-state index contributed by atoms with van der Waals surface area (Å²) in [6, 6.07) is 4.96. The number of rotatable bonds is 6. The lowest BCUT2D eigenvalue weighted by atomic mass is 9.74. The molecule has 0 atom stereocenters. The van der Waals surface area contributed by atoms with Crippen LogP contribution in [0.4, 0.5) is 4.39 Å². The van der Waals surface area contributed by atoms with Crippen molar-refractivity contribution in [2.75, 3.05) is 26.9 Å². The zero-order chi connectivity index (χ0) is 15.3. The van der Waals surface area contributed by atoms with Crippen molar-refractivity contribution in [1.29, 1.82) is 0 Å². The molecule has 1 N–H and O–H groups in total. The quantitative estimate of drug-likeness (QED) is 0.772. The molecule has 0 aliphatic carbocycles. The Balaban J connectivity index is 2.24. The van der Waals surface area contributed by atoms with Crippen LogP contribution in [0.2, 0.25) is 0 Å². The van der Waals surface area contributed by atoms with Gasteiger partial charge in [0, 0.05) is 37.8 Å². The number of methoxy groups -OCH3 is 1. The zero-order valence-corrected chi connectivity index (χ0v) is 12.8. The molecular weight excluding hydrogens is 297 g/mol. The number of ether oxygens (including phenoxy) is 2. The minimum absolute atomic E-state index is 0.0365. The Bertz CT molecular complexity index is 542. The molecule has 2 rings (SSSR count). The van der Waals surface area contributed by atoms with E-state index in [0.717, 1.165) is 18.4 Å². The van der Waals surface area contributed by atoms with Crippen molar-refractivity contribution in [3.63, 3.8) is 0 Å². The van der Waals surface area contributed by atoms with Gasteiger partial charge in [0.1, 0.15) is 5.82 Å². The summed E-state index contributed by atoms with van der Waals surface area (Å²) in [6.07, 6.45) is 1.56. The SMILES string of the molecule is COCC1(c2ccc(CN[SH](=O)=O)c(F)c2)CCOCC1. The van der Waals surface area contributed by atoms with E-state index in [4.69, 9.17) is 9.47 Å². The van der Waals surface area contributed by atoms with Gasteiger partial charge in [0.2, 0.25) is 10.9 Å². The van der Waals surface area contributed by atoms with Gasteiger partial charge in [-0.15, -0.1) is 0 Å². The number of thiol groups is 1. The van der Waals surface area contributed by atoms with E-state index in [2.05, 4.69) is 4.72 Å². The maximum absolute atomic E-state index is 14.2. The Hall–Kier alpha value is -1.02. The van der Waals surface area contributed by atoms with Gasteiger partial charge in [-0.2, -0.15) is 0 Å². The first kappa shape index (κ1) is 16.4. The van der Waals surface area contributed by atoms with Gasteiger partial charge in [0.05, 0.1) is 6.61 Å². The third-order valence-corrected chi connectivity index (χ3v) is 4.35. The van der Waals surface area contributed by atoms with Crippen LogP contribution in [0.25, 0.3) is 0 Å². The van der Waals surface area contributed by atoms with Gasteiger partial charge >= 0.3 is 0 Å². The highest BCUT2D eigenvalue weighted by atomic mass is 32.2. The molecule has 5 nitrogen and oxygen atoms in total. The van der Waals surface area contributed by atoms with Crippen molar-refractivity contribution in [3.05, 3.63) is 35.1 Å². The molecule has 0 aromatic heterocycles. The molecule has 0 spiro atoms. The standard InChI is InChI=1S/C14H20FNO4S/c1-19-10-14(4-6-20-7-5-14)12-3-2-11(13(15)8-12)9-16-21(17)18/h2-3,8,21H,4-7,9-10H2,1H3,(H,16,17,18). The summed E-state index contributed by atoms with van der Waals surface area (Å²) in [5.41, 5.74) is 0.974. The van der Waals surface area contributed by atoms with E-state index in [1.165, 1.54) is 6.07 Å². The van der Waals surface area contributed by atoms with Crippen molar-refractivity contribution in [1.82, 2.24) is 4.72 Å². The molecule has 0 saturated carbocycles. The lowest BCUT2D eigenvalue weighted by molar-refractivity contribution is 0.0135. The number of halogens is 1. The van der Waals surface area contributed by atoms with E-state index in [9.17, 15) is 12.8 Å². The third kappa shape index (κ3) is 4.00. The van der Waals surface area contributed by atoms with Gasteiger partial charge in [-0.1, -0.05) is 12.1 Å². The lowest BCUT2D eigenvalue weighted by Gasteiger charge is -2.37. The van der Waals surface area contributed by atoms with E-state index >= 15 is 0 Å². The van der Waals surface area contributed by atoms with Crippen LogP contribution in [0, 0.1) is 5.82 Å². The van der Waals surface area contributed by atoms with Crippen LogP contribution in [-0.4, -0.2) is 35.3 Å². The van der Waals surface area contributed by atoms with E-state index in [1.807, 2.05) is 6.07 Å². The number of benzene rings is 1. The van der Waals surface area contributed by atoms with Crippen LogP contribution in [0.3, 0.4) is 0 Å². The predicted octanol–water partition coefficient (Wildman–Crippen LogP) is 1.14. The fourth-order valence-electron chi connectivity index (χ4n) is 2.73. The molecule has 0 bridgehead atoms. The summed E-state index contributed by atoms with van der Waals surface area (Å²) in [6.45, 7) is 1.74. The van der Waals surface area contributed by atoms with Crippen molar-refractivity contribution in [2.24, 2.45) is 0 Å². The molecule has 1 aliphatic rings. The Morgan fingerprint density at radius 2 is 2.10 bits per heavy atom. The maximum Gasteiger partial charge on any atom is 0.201 e. The number of hydrogen-bond donors (Lipinski definition) is 2. The summed E-state index contributed by atoms with van der Waals surface area (Å²) < 4.78 is 48.1. The minimum atomic E-state index is -2.73. The Labute approximate surface area is 125 Å². The van der Waals surface area contributed by atoms with Crippen LogP contribution in [0.1, 0.15) is 24.0 Å². The first-order valence-corrected chi connectivity index (χ1v) is 7.99. The van der Waals surface area contributed by atoms with Crippen LogP contribution in [0.15, 0.2) is 18.2 Å². The Morgan fingerprint density at radius 3 is 2.67 bits per heavy atom. The first-order valence-electron chi connectivity index (χ1n) is 6.81. The zero-order valence-electron chi connectivity index (χ0n) is 11.9. The van der Waals surface area contributed by atoms with Crippen LogP contribution in [-0.2, 0) is 32.3 Å². The van der Waals surface area contributed by atoms with E-state index < -0.39 is 16.7 Å². The summed E-state index contributed by atoms with van der Waals surface area (Å²) in [7, 11) is -1.09. The predicted molar refractivity (Wildman–Crippen MR) is 77.2 cm³/mol. The highest BCUT2D eigenvalue weighted by molar-refractivity contribution is 7.70. The minimum Gasteiger partial charge on any atom is -0.384 e. The molecule has 0 radical (unpaired) electrons. The van der Waals surface area contributed by atoms with Crippen molar-refractivity contribution in [2.45, 2.75) is 24.8 Å². The highest BCUT2D eigenvalue weighted by Crippen LogP contribution is 2.35. The fraction of sp³-hybridized carbons (Fsp3) is 0.571. The summed E-state index contributed by atoms with van der Waals surface area (Å²) >= 11 is 0. The Morgan fingerprint density at radius 1 is 1.38 bits per heavy atom. The van der Waals surface area contributed by atoms with Crippen molar-refractivity contribution >= 4 is 10.9 Å². The van der Waals surface area contributed by atoms with Gasteiger partial charge in [0.25, 0.3) is 0 Å². The summed E-state index contributed by atoms with van der Waals surface area (Å²) in [5, 5.41) is 0. The van der Waals surface area contributed by atoms with Crippen molar-refractivity contribution < 1.29 is 22.3 Å². The second-order valence-electron chi connectivity index (χ2n) is 5.22. The van der Waals surface area contributed by atoms with Crippen LogP contribution < -0.4 is 4.72 Å². The maximum atomic E-state index is 14.2. The second kappa shape index (κ2) is 7.31. The average molecular weight is 317 g/mol. The van der Waals surface area contributed by atoms with Gasteiger partial charge in [-0.3, -0.25) is 0 Å². The molecule has 0 unspecified atom stereocenters. The molecule has 118 valence electrons. The first-order chi connectivity index (χ1) is 10.1. The Kier molecular flexibility index (Phi) is 5.69. The van der Waals surface area contributed by atoms with Gasteiger partial charge < -0.3 is 9.47 Å². The van der Waals surface area contributed by atoms with E-state index in [-0.39, 0.29) is 12.0 Å². The molecule has 0 amide bonds. The number of hydrogen-bond acceptors (Lipinski definition) is 4. The van der Waals surface area contributed by atoms with Crippen LogP contribution >= 0.6 is 0 Å². The van der Waals surface area contributed by atoms with Crippen molar-refractivity contribution in [3.8, 4) is 0 Å². The summed E-state index contributed by atoms with van der Waals surface area (Å²) in [5.74, 6) is -0.404. The molecule has 1 aliphatic heterocycles. The van der Waals surface area contributed by atoms with E-state index in [0.29, 0.717) is 25.4 Å². The third-order valence-electron chi connectivity index (χ3n) is 3.93. The monoisotopic (exact) mass is 317 g/mol. The smallest absolute Gasteiger partial charge is 0.201 e. The molecule has 21 heavy (non-hydrogen) atoms. The van der Waals surface area contributed by atoms with Gasteiger partial charge in [0.15, 0.2) is 0 Å². The summed E-state index contributed by atoms with van der Waals surface area (Å²) in [4.78, 5) is 0. The normalized spacial score (nSPS) is 18.0. The van der Waals surface area contributed by atoms with Crippen LogP contribution in [0.5, 0.6) is 0 Å². The topological polar surface area (TPSA) is 64.6 Å². The molecule has 1 fully saturated rings. The van der Waals surface area contributed by atoms with E-state index in [1.54, 1.807) is 13.2 Å². The number of nitrogens with one attached hydrogen (secondary N) is 1. The highest BCUT2D eigenvalue weighted by Gasteiger charge is 2.35. The molecule has 1 aromatic carbocycles. The molecule has 1 saturated heterocycles. The fourth-order valence-corrected chi connectivity index (χ4v) is 3.02. The largest absolute Gasteiger partial charge is 0.384 e. The molecule has 7 heteroatoms. The lowest BCUT2D eigenvalue weighted by Crippen LogP contribution is -2.38. The van der Waals surface area contributed by atoms with Gasteiger partial charge in [-0.25, -0.2) is 17.5 Å². The van der Waals surface area contributed by atoms with Gasteiger partial charge in [-0.05, 0) is 24.5 Å². The average Bonchev–Trinajstić information content (AvgIpc) is 2.47. The second-order valence-corrected chi connectivity index (χ2v) is 6.05. The molecular formula is C14H20FNO4S.